The second-order valence-corrected chi connectivity index (χ2v) is 3.97. The summed E-state index contributed by atoms with van der Waals surface area (Å²) in [5, 5.41) is 1.12. The summed E-state index contributed by atoms with van der Waals surface area (Å²) in [7, 11) is 0. The van der Waals surface area contributed by atoms with E-state index < -0.39 is 0 Å². The van der Waals surface area contributed by atoms with Crippen LogP contribution in [-0.4, -0.2) is 11.1 Å². The minimum absolute atomic E-state index is 0.209. The lowest BCUT2D eigenvalue weighted by Crippen LogP contribution is -2.05. The molecule has 0 aliphatic rings. The van der Waals surface area contributed by atoms with Crippen molar-refractivity contribution in [1.29, 1.82) is 0 Å². The molecule has 2 rings (SSSR count). The maximum absolute atomic E-state index is 5.62. The van der Waals surface area contributed by atoms with Gasteiger partial charge in [-0.05, 0) is 45.0 Å². The molecule has 1 aromatic heterocycles. The largest absolute Gasteiger partial charge is 0.491 e. The third-order valence-electron chi connectivity index (χ3n) is 2.17. The minimum Gasteiger partial charge on any atom is -0.491 e. The van der Waals surface area contributed by atoms with E-state index >= 15 is 0 Å². The average molecular weight is 201 g/mol. The number of nitrogens with zero attached hydrogens (tertiary/aromatic N) is 1. The van der Waals surface area contributed by atoms with Crippen LogP contribution < -0.4 is 4.74 Å². The molecule has 0 radical (unpaired) electrons. The van der Waals surface area contributed by atoms with Gasteiger partial charge in [0.1, 0.15) is 5.75 Å². The Morgan fingerprint density at radius 1 is 1.13 bits per heavy atom. The van der Waals surface area contributed by atoms with Gasteiger partial charge in [0.25, 0.3) is 0 Å². The molecule has 0 saturated carbocycles. The van der Waals surface area contributed by atoms with Crippen LogP contribution >= 0.6 is 0 Å². The van der Waals surface area contributed by atoms with E-state index in [0.717, 1.165) is 22.3 Å². The van der Waals surface area contributed by atoms with Crippen molar-refractivity contribution >= 4 is 10.9 Å². The standard InChI is InChI=1S/C13H15NO/c1-9(2)15-12-6-7-13-11(8-12)5-4-10(3)14-13/h4-9H,1-3H3. The van der Waals surface area contributed by atoms with Crippen molar-refractivity contribution in [2.24, 2.45) is 0 Å². The molecular formula is C13H15NO. The first-order valence-corrected chi connectivity index (χ1v) is 5.19. The minimum atomic E-state index is 0.209. The van der Waals surface area contributed by atoms with Crippen LogP contribution in [0.2, 0.25) is 0 Å². The summed E-state index contributed by atoms with van der Waals surface area (Å²) < 4.78 is 5.62. The van der Waals surface area contributed by atoms with Gasteiger partial charge in [-0.1, -0.05) is 6.07 Å². The molecule has 0 aliphatic carbocycles. The molecule has 0 fully saturated rings. The van der Waals surface area contributed by atoms with Gasteiger partial charge < -0.3 is 4.74 Å². The third kappa shape index (κ3) is 2.27. The number of hydrogen-bond acceptors (Lipinski definition) is 2. The van der Waals surface area contributed by atoms with Crippen molar-refractivity contribution in [2.45, 2.75) is 26.9 Å². The Kier molecular flexibility index (Phi) is 2.58. The predicted octanol–water partition coefficient (Wildman–Crippen LogP) is 3.33. The molecule has 1 heterocycles. The van der Waals surface area contributed by atoms with Crippen LogP contribution in [0.25, 0.3) is 10.9 Å². The molecule has 0 saturated heterocycles. The SMILES string of the molecule is Cc1ccc2cc(OC(C)C)ccc2n1. The lowest BCUT2D eigenvalue weighted by Gasteiger charge is -2.10. The van der Waals surface area contributed by atoms with Gasteiger partial charge in [0.05, 0.1) is 11.6 Å². The van der Waals surface area contributed by atoms with Crippen LogP contribution in [0.4, 0.5) is 0 Å². The van der Waals surface area contributed by atoms with Gasteiger partial charge in [0.15, 0.2) is 0 Å². The summed E-state index contributed by atoms with van der Waals surface area (Å²) in [6.07, 6.45) is 0.209. The summed E-state index contributed by atoms with van der Waals surface area (Å²) in [5.41, 5.74) is 2.06. The number of pyridine rings is 1. The summed E-state index contributed by atoms with van der Waals surface area (Å²) in [6.45, 7) is 6.05. The Hall–Kier alpha value is -1.57. The normalized spacial score (nSPS) is 10.9. The average Bonchev–Trinajstić information content (AvgIpc) is 2.17. The molecule has 15 heavy (non-hydrogen) atoms. The fourth-order valence-corrected chi connectivity index (χ4v) is 1.55. The number of benzene rings is 1. The van der Waals surface area contributed by atoms with E-state index in [0.29, 0.717) is 0 Å². The van der Waals surface area contributed by atoms with Gasteiger partial charge >= 0.3 is 0 Å². The summed E-state index contributed by atoms with van der Waals surface area (Å²) >= 11 is 0. The Balaban J connectivity index is 2.43. The van der Waals surface area contributed by atoms with Crippen molar-refractivity contribution in [1.82, 2.24) is 4.98 Å². The number of ether oxygens (including phenoxy) is 1. The van der Waals surface area contributed by atoms with Crippen LogP contribution in [0, 0.1) is 6.92 Å². The molecule has 0 aliphatic heterocycles. The number of hydrogen-bond donors (Lipinski definition) is 0. The number of aromatic nitrogens is 1. The van der Waals surface area contributed by atoms with Gasteiger partial charge in [0, 0.05) is 11.1 Å². The Morgan fingerprint density at radius 2 is 1.93 bits per heavy atom. The van der Waals surface area contributed by atoms with Crippen LogP contribution in [0.15, 0.2) is 30.3 Å². The third-order valence-corrected chi connectivity index (χ3v) is 2.17. The smallest absolute Gasteiger partial charge is 0.120 e. The molecule has 2 nitrogen and oxygen atoms in total. The van der Waals surface area contributed by atoms with Crippen molar-refractivity contribution in [2.75, 3.05) is 0 Å². The Labute approximate surface area is 89.9 Å². The molecule has 2 aromatic rings. The van der Waals surface area contributed by atoms with E-state index in [4.69, 9.17) is 4.74 Å². The van der Waals surface area contributed by atoms with E-state index in [2.05, 4.69) is 11.1 Å². The highest BCUT2D eigenvalue weighted by molar-refractivity contribution is 5.80. The predicted molar refractivity (Wildman–Crippen MR) is 62.2 cm³/mol. The highest BCUT2D eigenvalue weighted by atomic mass is 16.5. The monoisotopic (exact) mass is 201 g/mol. The summed E-state index contributed by atoms with van der Waals surface area (Å²) in [6, 6.07) is 10.1. The number of fused-ring (bicyclic) bond motifs is 1. The zero-order chi connectivity index (χ0) is 10.8. The van der Waals surface area contributed by atoms with Crippen molar-refractivity contribution < 1.29 is 4.74 Å². The molecule has 0 atom stereocenters. The van der Waals surface area contributed by atoms with E-state index in [1.165, 1.54) is 0 Å². The van der Waals surface area contributed by atoms with E-state index in [1.54, 1.807) is 0 Å². The van der Waals surface area contributed by atoms with Crippen molar-refractivity contribution in [3.05, 3.63) is 36.0 Å². The fraction of sp³-hybridized carbons (Fsp3) is 0.308. The molecule has 0 bridgehead atoms. The first kappa shape index (κ1) is 9.97. The van der Waals surface area contributed by atoms with Gasteiger partial charge in [-0.3, -0.25) is 4.98 Å². The van der Waals surface area contributed by atoms with Gasteiger partial charge in [-0.2, -0.15) is 0 Å². The second-order valence-electron chi connectivity index (χ2n) is 3.97. The number of rotatable bonds is 2. The summed E-state index contributed by atoms with van der Waals surface area (Å²) in [4.78, 5) is 4.44. The van der Waals surface area contributed by atoms with E-state index in [-0.39, 0.29) is 6.10 Å². The molecule has 1 aromatic carbocycles. The van der Waals surface area contributed by atoms with Gasteiger partial charge in [-0.25, -0.2) is 0 Å². The molecule has 78 valence electrons. The zero-order valence-corrected chi connectivity index (χ0v) is 9.32. The lowest BCUT2D eigenvalue weighted by atomic mass is 10.2. The first-order chi connectivity index (χ1) is 7.15. The summed E-state index contributed by atoms with van der Waals surface area (Å²) in [5.74, 6) is 0.906. The topological polar surface area (TPSA) is 22.1 Å². The quantitative estimate of drug-likeness (QED) is 0.743. The highest BCUT2D eigenvalue weighted by Crippen LogP contribution is 2.20. The Bertz CT molecular complexity index is 477. The van der Waals surface area contributed by atoms with E-state index in [1.807, 2.05) is 45.0 Å². The second kappa shape index (κ2) is 3.89. The molecule has 0 N–H and O–H groups in total. The molecule has 2 heteroatoms. The lowest BCUT2D eigenvalue weighted by molar-refractivity contribution is 0.243. The maximum atomic E-state index is 5.62. The van der Waals surface area contributed by atoms with Gasteiger partial charge in [0.2, 0.25) is 0 Å². The van der Waals surface area contributed by atoms with Gasteiger partial charge in [-0.15, -0.1) is 0 Å². The van der Waals surface area contributed by atoms with Crippen LogP contribution in [0.3, 0.4) is 0 Å². The zero-order valence-electron chi connectivity index (χ0n) is 9.32. The van der Waals surface area contributed by atoms with Crippen LogP contribution in [-0.2, 0) is 0 Å². The van der Waals surface area contributed by atoms with Crippen molar-refractivity contribution in [3.8, 4) is 5.75 Å². The Morgan fingerprint density at radius 3 is 2.67 bits per heavy atom. The molecule has 0 amide bonds. The fourth-order valence-electron chi connectivity index (χ4n) is 1.55. The highest BCUT2D eigenvalue weighted by Gasteiger charge is 2.00. The number of aryl methyl sites for hydroxylation is 1. The maximum Gasteiger partial charge on any atom is 0.120 e. The van der Waals surface area contributed by atoms with Crippen molar-refractivity contribution in [3.63, 3.8) is 0 Å². The van der Waals surface area contributed by atoms with E-state index in [9.17, 15) is 0 Å². The molecule has 0 spiro atoms. The van der Waals surface area contributed by atoms with Crippen LogP contribution in [0.1, 0.15) is 19.5 Å². The van der Waals surface area contributed by atoms with Crippen LogP contribution in [0.5, 0.6) is 5.75 Å². The molecular weight excluding hydrogens is 186 g/mol. The first-order valence-electron chi connectivity index (χ1n) is 5.19. The molecule has 0 unspecified atom stereocenters.